The smallest absolute Gasteiger partial charge is 0.141 e. The second kappa shape index (κ2) is 5.43. The maximum Gasteiger partial charge on any atom is 0.141 e. The van der Waals surface area contributed by atoms with Gasteiger partial charge in [-0.1, -0.05) is 13.8 Å². The highest BCUT2D eigenvalue weighted by atomic mass is 32.1. The summed E-state index contributed by atoms with van der Waals surface area (Å²) in [6, 6.07) is 3.23. The van der Waals surface area contributed by atoms with E-state index in [0.717, 1.165) is 36.6 Å². The van der Waals surface area contributed by atoms with Crippen LogP contribution < -0.4 is 10.2 Å². The van der Waals surface area contributed by atoms with Crippen molar-refractivity contribution in [3.8, 4) is 0 Å². The highest BCUT2D eigenvalue weighted by Gasteiger charge is 2.28. The molecule has 1 saturated heterocycles. The number of hydrogen-bond donors (Lipinski definition) is 1. The number of nitrogens with one attached hydrogen (secondary N) is 1. The van der Waals surface area contributed by atoms with Crippen molar-refractivity contribution < 1.29 is 0 Å². The van der Waals surface area contributed by atoms with Gasteiger partial charge in [0.25, 0.3) is 0 Å². The molecule has 2 aromatic heterocycles. The molecule has 1 fully saturated rings. The average Bonchev–Trinajstić information content (AvgIpc) is 2.94. The Morgan fingerprint density at radius 1 is 1.37 bits per heavy atom. The predicted molar refractivity (Wildman–Crippen MR) is 80.9 cm³/mol. The van der Waals surface area contributed by atoms with Crippen LogP contribution >= 0.6 is 11.3 Å². The minimum absolute atomic E-state index is 0.529. The zero-order valence-electron chi connectivity index (χ0n) is 11.5. The van der Waals surface area contributed by atoms with Crippen molar-refractivity contribution >= 4 is 27.4 Å². The van der Waals surface area contributed by atoms with Crippen LogP contribution in [0.15, 0.2) is 17.8 Å². The highest BCUT2D eigenvalue weighted by molar-refractivity contribution is 7.16. The van der Waals surface area contributed by atoms with E-state index >= 15 is 0 Å². The fraction of sp³-hybridized carbons (Fsp3) is 0.571. The summed E-state index contributed by atoms with van der Waals surface area (Å²) >= 11 is 1.69. The molecule has 0 aliphatic carbocycles. The van der Waals surface area contributed by atoms with Crippen LogP contribution in [0.5, 0.6) is 0 Å². The second-order valence-electron chi connectivity index (χ2n) is 5.06. The SMILES string of the molecule is CCC1CN(c2ncnc3sccc23)C(CC)CN1. The Morgan fingerprint density at radius 2 is 2.26 bits per heavy atom. The topological polar surface area (TPSA) is 41.1 Å². The first kappa shape index (κ1) is 12.8. The first-order chi connectivity index (χ1) is 9.33. The van der Waals surface area contributed by atoms with Gasteiger partial charge in [-0.15, -0.1) is 11.3 Å². The van der Waals surface area contributed by atoms with E-state index in [9.17, 15) is 0 Å². The van der Waals surface area contributed by atoms with Gasteiger partial charge in [0, 0.05) is 25.2 Å². The molecule has 0 amide bonds. The average molecular weight is 276 g/mol. The maximum atomic E-state index is 4.56. The zero-order chi connectivity index (χ0) is 13.2. The van der Waals surface area contributed by atoms with Crippen molar-refractivity contribution in [3.63, 3.8) is 0 Å². The van der Waals surface area contributed by atoms with Crippen LogP contribution in [0.2, 0.25) is 0 Å². The third-order valence-electron chi connectivity index (χ3n) is 3.98. The second-order valence-corrected chi connectivity index (χ2v) is 5.96. The molecule has 0 bridgehead atoms. The summed E-state index contributed by atoms with van der Waals surface area (Å²) in [5.41, 5.74) is 0. The van der Waals surface area contributed by atoms with Gasteiger partial charge in [-0.3, -0.25) is 0 Å². The van der Waals surface area contributed by atoms with E-state index in [1.807, 2.05) is 0 Å². The molecule has 2 atom stereocenters. The van der Waals surface area contributed by atoms with Gasteiger partial charge >= 0.3 is 0 Å². The summed E-state index contributed by atoms with van der Waals surface area (Å²) in [5.74, 6) is 1.11. The molecule has 0 aromatic carbocycles. The number of rotatable bonds is 3. The lowest BCUT2D eigenvalue weighted by atomic mass is 10.0. The molecule has 3 rings (SSSR count). The lowest BCUT2D eigenvalue weighted by Gasteiger charge is -2.41. The minimum Gasteiger partial charge on any atom is -0.350 e. The summed E-state index contributed by atoms with van der Waals surface area (Å²) in [6.07, 6.45) is 3.99. The Hall–Kier alpha value is -1.20. The molecule has 0 saturated carbocycles. The van der Waals surface area contributed by atoms with Crippen LogP contribution in [0, 0.1) is 0 Å². The van der Waals surface area contributed by atoms with Crippen molar-refractivity contribution in [2.24, 2.45) is 0 Å². The van der Waals surface area contributed by atoms with E-state index in [-0.39, 0.29) is 0 Å². The van der Waals surface area contributed by atoms with Crippen LogP contribution in [0.3, 0.4) is 0 Å². The van der Waals surface area contributed by atoms with Crippen LogP contribution in [-0.2, 0) is 0 Å². The maximum absolute atomic E-state index is 4.56. The molecule has 102 valence electrons. The summed E-state index contributed by atoms with van der Waals surface area (Å²) in [7, 11) is 0. The molecule has 3 heterocycles. The highest BCUT2D eigenvalue weighted by Crippen LogP contribution is 2.29. The molecule has 19 heavy (non-hydrogen) atoms. The lowest BCUT2D eigenvalue weighted by molar-refractivity contribution is 0.377. The standard InChI is InChI=1S/C14H20N4S/c1-3-10-8-18(11(4-2)7-15-10)13-12-5-6-19-14(12)17-9-16-13/h5-6,9-11,15H,3-4,7-8H2,1-2H3. The third kappa shape index (κ3) is 2.32. The van der Waals surface area contributed by atoms with Gasteiger partial charge in [-0.05, 0) is 24.3 Å². The molecule has 0 radical (unpaired) electrons. The molecule has 2 aromatic rings. The van der Waals surface area contributed by atoms with Crippen molar-refractivity contribution in [2.75, 3.05) is 18.0 Å². The summed E-state index contributed by atoms with van der Waals surface area (Å²) in [4.78, 5) is 12.5. The number of anilines is 1. The number of thiophene rings is 1. The minimum atomic E-state index is 0.529. The number of fused-ring (bicyclic) bond motifs is 1. The lowest BCUT2D eigenvalue weighted by Crippen LogP contribution is -2.56. The van der Waals surface area contributed by atoms with E-state index in [2.05, 4.69) is 45.5 Å². The third-order valence-corrected chi connectivity index (χ3v) is 4.80. The van der Waals surface area contributed by atoms with Gasteiger partial charge < -0.3 is 10.2 Å². The van der Waals surface area contributed by atoms with Gasteiger partial charge in [-0.2, -0.15) is 0 Å². The first-order valence-electron chi connectivity index (χ1n) is 7.01. The molecule has 5 heteroatoms. The first-order valence-corrected chi connectivity index (χ1v) is 7.89. The van der Waals surface area contributed by atoms with Crippen molar-refractivity contribution in [1.82, 2.24) is 15.3 Å². The van der Waals surface area contributed by atoms with Gasteiger partial charge in [0.2, 0.25) is 0 Å². The molecule has 0 spiro atoms. The van der Waals surface area contributed by atoms with E-state index in [4.69, 9.17) is 0 Å². The van der Waals surface area contributed by atoms with Crippen LogP contribution in [0.1, 0.15) is 26.7 Å². The van der Waals surface area contributed by atoms with Gasteiger partial charge in [0.05, 0.1) is 5.39 Å². The fourth-order valence-corrected chi connectivity index (χ4v) is 3.49. The van der Waals surface area contributed by atoms with Gasteiger partial charge in [-0.25, -0.2) is 9.97 Å². The van der Waals surface area contributed by atoms with Crippen molar-refractivity contribution in [3.05, 3.63) is 17.8 Å². The van der Waals surface area contributed by atoms with Crippen LogP contribution in [0.4, 0.5) is 5.82 Å². The molecule has 1 aliphatic rings. The number of aromatic nitrogens is 2. The van der Waals surface area contributed by atoms with E-state index in [1.54, 1.807) is 17.7 Å². The normalized spacial score (nSPS) is 24.0. The van der Waals surface area contributed by atoms with Crippen LogP contribution in [-0.4, -0.2) is 35.1 Å². The molecule has 2 unspecified atom stereocenters. The van der Waals surface area contributed by atoms with E-state index in [0.29, 0.717) is 12.1 Å². The largest absolute Gasteiger partial charge is 0.350 e. The Bertz CT molecular complexity index is 553. The molecular weight excluding hydrogens is 256 g/mol. The summed E-state index contributed by atoms with van der Waals surface area (Å²) in [6.45, 7) is 6.57. The van der Waals surface area contributed by atoms with E-state index < -0.39 is 0 Å². The van der Waals surface area contributed by atoms with Crippen LogP contribution in [0.25, 0.3) is 10.2 Å². The quantitative estimate of drug-likeness (QED) is 0.935. The van der Waals surface area contributed by atoms with Gasteiger partial charge in [0.15, 0.2) is 0 Å². The summed E-state index contributed by atoms with van der Waals surface area (Å²) in [5, 5.41) is 6.93. The number of nitrogens with zero attached hydrogens (tertiary/aromatic N) is 3. The van der Waals surface area contributed by atoms with Crippen molar-refractivity contribution in [1.29, 1.82) is 0 Å². The summed E-state index contributed by atoms with van der Waals surface area (Å²) < 4.78 is 0. The molecular formula is C14H20N4S. The Labute approximate surface area is 117 Å². The Kier molecular flexibility index (Phi) is 3.66. The zero-order valence-corrected chi connectivity index (χ0v) is 12.3. The molecule has 1 aliphatic heterocycles. The molecule has 4 nitrogen and oxygen atoms in total. The predicted octanol–water partition coefficient (Wildman–Crippen LogP) is 2.66. The molecule has 1 N–H and O–H groups in total. The number of hydrogen-bond acceptors (Lipinski definition) is 5. The Morgan fingerprint density at radius 3 is 3.05 bits per heavy atom. The Balaban J connectivity index is 1.99. The van der Waals surface area contributed by atoms with E-state index in [1.165, 1.54) is 5.39 Å². The fourth-order valence-electron chi connectivity index (χ4n) is 2.77. The van der Waals surface area contributed by atoms with Gasteiger partial charge in [0.1, 0.15) is 17.0 Å². The van der Waals surface area contributed by atoms with Crippen molar-refractivity contribution in [2.45, 2.75) is 38.8 Å². The monoisotopic (exact) mass is 276 g/mol. The number of piperazine rings is 1.